The summed E-state index contributed by atoms with van der Waals surface area (Å²) in [6.45, 7) is 8.67. The summed E-state index contributed by atoms with van der Waals surface area (Å²) < 4.78 is 0. The molecule has 2 fully saturated rings. The monoisotopic (exact) mass is 224 g/mol. The maximum absolute atomic E-state index is 12.3. The van der Waals surface area contributed by atoms with Gasteiger partial charge in [-0.15, -0.1) is 0 Å². The normalized spacial score (nSPS) is 28.9. The van der Waals surface area contributed by atoms with Crippen LogP contribution >= 0.6 is 0 Å². The zero-order valence-corrected chi connectivity index (χ0v) is 10.5. The summed E-state index contributed by atoms with van der Waals surface area (Å²) in [5.74, 6) is -0.00954. The van der Waals surface area contributed by atoms with E-state index < -0.39 is 0 Å². The van der Waals surface area contributed by atoms with E-state index in [4.69, 9.17) is 0 Å². The van der Waals surface area contributed by atoms with Crippen molar-refractivity contribution >= 4 is 11.9 Å². The summed E-state index contributed by atoms with van der Waals surface area (Å²) in [5, 5.41) is 0. The molecular formula is C12H20N2O2. The molecule has 16 heavy (non-hydrogen) atoms. The second-order valence-electron chi connectivity index (χ2n) is 5.77. The van der Waals surface area contributed by atoms with Gasteiger partial charge in [-0.2, -0.15) is 0 Å². The van der Waals surface area contributed by atoms with Gasteiger partial charge in [0.05, 0.1) is 0 Å². The van der Waals surface area contributed by atoms with E-state index in [1.165, 1.54) is 4.90 Å². The van der Waals surface area contributed by atoms with Crippen molar-refractivity contribution in [1.82, 2.24) is 9.80 Å². The predicted molar refractivity (Wildman–Crippen MR) is 60.9 cm³/mol. The Labute approximate surface area is 96.6 Å². The van der Waals surface area contributed by atoms with E-state index in [9.17, 15) is 9.59 Å². The van der Waals surface area contributed by atoms with Gasteiger partial charge in [0.2, 0.25) is 0 Å². The third kappa shape index (κ3) is 1.43. The van der Waals surface area contributed by atoms with Crippen LogP contribution in [-0.2, 0) is 4.79 Å². The van der Waals surface area contributed by atoms with Crippen molar-refractivity contribution in [2.75, 3.05) is 6.54 Å². The number of hydrogen-bond donors (Lipinski definition) is 0. The molecule has 0 radical (unpaired) electrons. The van der Waals surface area contributed by atoms with Gasteiger partial charge < -0.3 is 4.90 Å². The van der Waals surface area contributed by atoms with Gasteiger partial charge in [0, 0.05) is 12.6 Å². The molecule has 90 valence electrons. The number of amides is 3. The highest BCUT2D eigenvalue weighted by atomic mass is 16.2. The Morgan fingerprint density at radius 1 is 1.31 bits per heavy atom. The van der Waals surface area contributed by atoms with Crippen molar-refractivity contribution in [3.05, 3.63) is 0 Å². The van der Waals surface area contributed by atoms with Crippen LogP contribution in [0.15, 0.2) is 0 Å². The van der Waals surface area contributed by atoms with Crippen LogP contribution in [0.5, 0.6) is 0 Å². The number of urea groups is 1. The second kappa shape index (κ2) is 3.47. The highest BCUT2D eigenvalue weighted by molar-refractivity contribution is 6.05. The Morgan fingerprint density at radius 2 is 1.94 bits per heavy atom. The topological polar surface area (TPSA) is 40.6 Å². The minimum atomic E-state index is -0.240. The van der Waals surface area contributed by atoms with Crippen LogP contribution in [0.2, 0.25) is 0 Å². The maximum atomic E-state index is 12.3. The molecule has 0 aliphatic carbocycles. The van der Waals surface area contributed by atoms with Crippen LogP contribution < -0.4 is 0 Å². The molecule has 1 atom stereocenters. The minimum absolute atomic E-state index is 0.00954. The zero-order valence-electron chi connectivity index (χ0n) is 10.5. The summed E-state index contributed by atoms with van der Waals surface area (Å²) in [6.07, 6.45) is 2.01. The zero-order chi connectivity index (χ0) is 12.1. The molecule has 0 aromatic carbocycles. The highest BCUT2D eigenvalue weighted by Crippen LogP contribution is 2.40. The summed E-state index contributed by atoms with van der Waals surface area (Å²) in [4.78, 5) is 27.6. The molecule has 2 heterocycles. The molecule has 1 unspecified atom stereocenters. The molecule has 0 aromatic rings. The number of carbonyl (C=O) groups excluding carboxylic acids is 2. The Balaban J connectivity index is 2.36. The minimum Gasteiger partial charge on any atom is -0.312 e. The molecule has 2 saturated heterocycles. The molecule has 4 nitrogen and oxygen atoms in total. The first-order valence-corrected chi connectivity index (χ1v) is 6.00. The third-order valence-electron chi connectivity index (χ3n) is 3.71. The summed E-state index contributed by atoms with van der Waals surface area (Å²) in [7, 11) is 0. The average molecular weight is 224 g/mol. The first kappa shape index (κ1) is 11.4. The van der Waals surface area contributed by atoms with Crippen LogP contribution in [0.3, 0.4) is 0 Å². The van der Waals surface area contributed by atoms with Crippen molar-refractivity contribution in [3.8, 4) is 0 Å². The van der Waals surface area contributed by atoms with Gasteiger partial charge in [-0.25, -0.2) is 4.79 Å². The fourth-order valence-electron chi connectivity index (χ4n) is 2.91. The molecule has 0 bridgehead atoms. The molecule has 2 aliphatic heterocycles. The van der Waals surface area contributed by atoms with E-state index in [-0.39, 0.29) is 29.4 Å². The van der Waals surface area contributed by atoms with E-state index in [0.29, 0.717) is 0 Å². The Morgan fingerprint density at radius 3 is 2.44 bits per heavy atom. The smallest absolute Gasteiger partial charge is 0.312 e. The lowest BCUT2D eigenvalue weighted by molar-refractivity contribution is -0.133. The van der Waals surface area contributed by atoms with E-state index >= 15 is 0 Å². The van der Waals surface area contributed by atoms with Crippen LogP contribution in [0.1, 0.15) is 40.5 Å². The van der Waals surface area contributed by atoms with E-state index in [1.807, 2.05) is 13.8 Å². The largest absolute Gasteiger partial charge is 0.327 e. The van der Waals surface area contributed by atoms with Gasteiger partial charge in [-0.1, -0.05) is 13.8 Å². The summed E-state index contributed by atoms with van der Waals surface area (Å²) >= 11 is 0. The lowest BCUT2D eigenvalue weighted by Crippen LogP contribution is -2.49. The van der Waals surface area contributed by atoms with Crippen LogP contribution in [0.25, 0.3) is 0 Å². The van der Waals surface area contributed by atoms with E-state index in [2.05, 4.69) is 13.8 Å². The van der Waals surface area contributed by atoms with E-state index in [0.717, 1.165) is 19.4 Å². The lowest BCUT2D eigenvalue weighted by atomic mass is 9.77. The molecule has 0 N–H and O–H groups in total. The van der Waals surface area contributed by atoms with Gasteiger partial charge in [-0.05, 0) is 32.1 Å². The number of hydrogen-bond acceptors (Lipinski definition) is 2. The summed E-state index contributed by atoms with van der Waals surface area (Å²) in [6, 6.07) is -0.379. The quantitative estimate of drug-likeness (QED) is 0.638. The first-order valence-electron chi connectivity index (χ1n) is 6.00. The van der Waals surface area contributed by atoms with Crippen molar-refractivity contribution in [2.45, 2.75) is 52.6 Å². The molecule has 0 spiro atoms. The van der Waals surface area contributed by atoms with Crippen molar-refractivity contribution in [1.29, 1.82) is 0 Å². The number of piperidine rings is 1. The van der Waals surface area contributed by atoms with Gasteiger partial charge in [0.15, 0.2) is 0 Å². The SMILES string of the molecule is CC(C)N1C(=O)C2N(CCCC2(C)C)C1=O. The second-order valence-corrected chi connectivity index (χ2v) is 5.77. The molecule has 4 heteroatoms. The van der Waals surface area contributed by atoms with Gasteiger partial charge in [0.25, 0.3) is 5.91 Å². The Hall–Kier alpha value is -1.06. The number of imide groups is 1. The Bertz CT molecular complexity index is 336. The van der Waals surface area contributed by atoms with Gasteiger partial charge in [-0.3, -0.25) is 9.69 Å². The fraction of sp³-hybridized carbons (Fsp3) is 0.833. The van der Waals surface area contributed by atoms with Gasteiger partial charge >= 0.3 is 6.03 Å². The van der Waals surface area contributed by atoms with Crippen LogP contribution in [-0.4, -0.2) is 40.4 Å². The predicted octanol–water partition coefficient (Wildman–Crippen LogP) is 1.85. The summed E-state index contributed by atoms with van der Waals surface area (Å²) in [5.41, 5.74) is -0.0887. The van der Waals surface area contributed by atoms with E-state index in [1.54, 1.807) is 4.90 Å². The van der Waals surface area contributed by atoms with Crippen molar-refractivity contribution in [3.63, 3.8) is 0 Å². The maximum Gasteiger partial charge on any atom is 0.327 e. The molecule has 0 saturated carbocycles. The molecule has 2 rings (SSSR count). The average Bonchev–Trinajstić information content (AvgIpc) is 2.39. The number of carbonyl (C=O) groups is 2. The highest BCUT2D eigenvalue weighted by Gasteiger charge is 2.53. The van der Waals surface area contributed by atoms with Crippen LogP contribution in [0.4, 0.5) is 4.79 Å². The molecular weight excluding hydrogens is 204 g/mol. The van der Waals surface area contributed by atoms with Gasteiger partial charge in [0.1, 0.15) is 6.04 Å². The first-order chi connectivity index (χ1) is 7.36. The number of rotatable bonds is 1. The fourth-order valence-corrected chi connectivity index (χ4v) is 2.91. The third-order valence-corrected chi connectivity index (χ3v) is 3.71. The Kier molecular flexibility index (Phi) is 2.48. The standard InChI is InChI=1S/C12H20N2O2/c1-8(2)14-10(15)9-12(3,4)6-5-7-13(9)11(14)16/h8-9H,5-7H2,1-4H3. The number of fused-ring (bicyclic) bond motifs is 1. The van der Waals surface area contributed by atoms with Crippen LogP contribution in [0, 0.1) is 5.41 Å². The molecule has 2 aliphatic rings. The lowest BCUT2D eigenvalue weighted by Gasteiger charge is -2.39. The van der Waals surface area contributed by atoms with Crippen molar-refractivity contribution in [2.24, 2.45) is 5.41 Å². The molecule has 0 aromatic heterocycles. The number of nitrogens with zero attached hydrogens (tertiary/aromatic N) is 2. The van der Waals surface area contributed by atoms with Crippen molar-refractivity contribution < 1.29 is 9.59 Å². The molecule has 3 amide bonds.